The molecule has 1 atom stereocenters. The van der Waals surface area contributed by atoms with Gasteiger partial charge in [0.05, 0.1) is 18.2 Å². The summed E-state index contributed by atoms with van der Waals surface area (Å²) < 4.78 is 6.49. The van der Waals surface area contributed by atoms with Crippen molar-refractivity contribution in [2.45, 2.75) is 25.2 Å². The van der Waals surface area contributed by atoms with Crippen molar-refractivity contribution in [3.8, 4) is 5.75 Å². The molecular formula is C15H16O3S. The van der Waals surface area contributed by atoms with Crippen molar-refractivity contribution in [1.82, 2.24) is 0 Å². The van der Waals surface area contributed by atoms with E-state index in [0.717, 1.165) is 28.7 Å². The highest BCUT2D eigenvalue weighted by Gasteiger charge is 2.34. The molecule has 0 saturated heterocycles. The summed E-state index contributed by atoms with van der Waals surface area (Å²) in [4.78, 5) is 11.1. The van der Waals surface area contributed by atoms with E-state index in [1.165, 1.54) is 5.56 Å². The number of fused-ring (bicyclic) bond motifs is 1. The van der Waals surface area contributed by atoms with Crippen LogP contribution in [0.3, 0.4) is 0 Å². The third kappa shape index (κ3) is 2.32. The Hall–Kier alpha value is -1.55. The van der Waals surface area contributed by atoms with E-state index in [-0.39, 0.29) is 12.3 Å². The Morgan fingerprint density at radius 3 is 2.89 bits per heavy atom. The van der Waals surface area contributed by atoms with Crippen LogP contribution in [0, 0.1) is 5.92 Å². The number of carbonyl (C=O) groups is 1. The summed E-state index contributed by atoms with van der Waals surface area (Å²) in [5, 5.41) is 12.3. The number of carboxylic acid groups (broad SMARTS) is 1. The van der Waals surface area contributed by atoms with Crippen molar-refractivity contribution < 1.29 is 14.6 Å². The van der Waals surface area contributed by atoms with Gasteiger partial charge in [-0.25, -0.2) is 0 Å². The molecule has 2 aromatic rings. The van der Waals surface area contributed by atoms with Gasteiger partial charge >= 0.3 is 5.97 Å². The van der Waals surface area contributed by atoms with Crippen LogP contribution < -0.4 is 4.74 Å². The Balaban J connectivity index is 2.07. The molecule has 4 heteroatoms. The summed E-state index contributed by atoms with van der Waals surface area (Å²) in [6.07, 6.45) is 2.52. The Morgan fingerprint density at radius 2 is 2.26 bits per heavy atom. The minimum Gasteiger partial charge on any atom is -0.495 e. The van der Waals surface area contributed by atoms with Gasteiger partial charge in [-0.2, -0.15) is 0 Å². The highest BCUT2D eigenvalue weighted by molar-refractivity contribution is 7.17. The molecule has 1 unspecified atom stereocenters. The minimum absolute atomic E-state index is 0.139. The van der Waals surface area contributed by atoms with Crippen molar-refractivity contribution in [2.75, 3.05) is 7.11 Å². The minimum atomic E-state index is -0.712. The van der Waals surface area contributed by atoms with Gasteiger partial charge in [-0.3, -0.25) is 4.79 Å². The van der Waals surface area contributed by atoms with Gasteiger partial charge in [0.2, 0.25) is 0 Å². The van der Waals surface area contributed by atoms with Crippen LogP contribution in [0.25, 0.3) is 10.1 Å². The lowest BCUT2D eigenvalue weighted by atomic mass is 9.89. The molecule has 1 aromatic heterocycles. The van der Waals surface area contributed by atoms with Crippen LogP contribution in [0.5, 0.6) is 5.75 Å². The molecule has 0 aliphatic heterocycles. The Labute approximate surface area is 115 Å². The number of hydrogen-bond donors (Lipinski definition) is 1. The molecule has 0 amide bonds. The molecular weight excluding hydrogens is 260 g/mol. The molecule has 3 nitrogen and oxygen atoms in total. The zero-order valence-corrected chi connectivity index (χ0v) is 11.6. The van der Waals surface area contributed by atoms with Gasteiger partial charge < -0.3 is 9.84 Å². The van der Waals surface area contributed by atoms with Crippen LogP contribution in [0.2, 0.25) is 0 Å². The predicted octanol–water partition coefficient (Wildman–Crippen LogP) is 3.88. The summed E-state index contributed by atoms with van der Waals surface area (Å²) in [6.45, 7) is 0. The number of carboxylic acids is 1. The van der Waals surface area contributed by atoms with E-state index in [1.807, 2.05) is 17.5 Å². The molecule has 1 saturated carbocycles. The monoisotopic (exact) mass is 276 g/mol. The van der Waals surface area contributed by atoms with E-state index < -0.39 is 5.97 Å². The van der Waals surface area contributed by atoms with Crippen LogP contribution in [0.15, 0.2) is 23.6 Å². The highest BCUT2D eigenvalue weighted by atomic mass is 32.1. The first kappa shape index (κ1) is 12.5. The lowest BCUT2D eigenvalue weighted by Gasteiger charge is -2.16. The number of hydrogen-bond acceptors (Lipinski definition) is 3. The first-order valence-electron chi connectivity index (χ1n) is 6.46. The topological polar surface area (TPSA) is 46.5 Å². The van der Waals surface area contributed by atoms with Crippen molar-refractivity contribution in [3.63, 3.8) is 0 Å². The van der Waals surface area contributed by atoms with E-state index >= 15 is 0 Å². The molecule has 1 fully saturated rings. The van der Waals surface area contributed by atoms with Crippen molar-refractivity contribution >= 4 is 27.4 Å². The lowest BCUT2D eigenvalue weighted by Crippen LogP contribution is -2.08. The van der Waals surface area contributed by atoms with E-state index in [4.69, 9.17) is 9.84 Å². The zero-order chi connectivity index (χ0) is 13.4. The number of thiophene rings is 1. The fourth-order valence-electron chi connectivity index (χ4n) is 2.76. The average molecular weight is 276 g/mol. The summed E-state index contributed by atoms with van der Waals surface area (Å²) in [6, 6.07) is 6.08. The molecule has 3 rings (SSSR count). The highest BCUT2D eigenvalue weighted by Crippen LogP contribution is 2.47. The predicted molar refractivity (Wildman–Crippen MR) is 76.1 cm³/mol. The standard InChI is InChI=1S/C15H16O3S/c1-18-13-5-4-10(11-6-7-19-15(11)13)12(8-14(16)17)9-2-3-9/h4-7,9,12H,2-3,8H2,1H3,(H,16,17). The number of benzene rings is 1. The normalized spacial score (nSPS) is 16.5. The quantitative estimate of drug-likeness (QED) is 0.901. The van der Waals surface area contributed by atoms with Gasteiger partial charge in [-0.15, -0.1) is 11.3 Å². The van der Waals surface area contributed by atoms with E-state index in [9.17, 15) is 4.79 Å². The van der Waals surface area contributed by atoms with Gasteiger partial charge in [0.25, 0.3) is 0 Å². The fraction of sp³-hybridized carbons (Fsp3) is 0.400. The van der Waals surface area contributed by atoms with Crippen molar-refractivity contribution in [2.24, 2.45) is 5.92 Å². The maximum absolute atomic E-state index is 11.1. The van der Waals surface area contributed by atoms with Crippen LogP contribution in [0.1, 0.15) is 30.7 Å². The van der Waals surface area contributed by atoms with Crippen LogP contribution in [0.4, 0.5) is 0 Å². The number of aliphatic carboxylic acids is 1. The third-order valence-corrected chi connectivity index (χ3v) is 4.75. The first-order chi connectivity index (χ1) is 9.20. The largest absolute Gasteiger partial charge is 0.495 e. The third-order valence-electron chi connectivity index (χ3n) is 3.82. The van der Waals surface area contributed by atoms with Gasteiger partial charge in [-0.05, 0) is 53.1 Å². The molecule has 1 aliphatic carbocycles. The molecule has 0 bridgehead atoms. The molecule has 0 radical (unpaired) electrons. The second kappa shape index (κ2) is 4.85. The lowest BCUT2D eigenvalue weighted by molar-refractivity contribution is -0.137. The molecule has 1 aliphatic rings. The second-order valence-electron chi connectivity index (χ2n) is 5.06. The maximum Gasteiger partial charge on any atom is 0.303 e. The van der Waals surface area contributed by atoms with Crippen molar-refractivity contribution in [3.05, 3.63) is 29.1 Å². The number of rotatable bonds is 5. The Kier molecular flexibility index (Phi) is 3.19. The van der Waals surface area contributed by atoms with E-state index in [0.29, 0.717) is 5.92 Å². The van der Waals surface area contributed by atoms with Gasteiger partial charge in [-0.1, -0.05) is 6.07 Å². The summed E-state index contributed by atoms with van der Waals surface area (Å²) in [5.74, 6) is 0.836. The molecule has 1 aromatic carbocycles. The first-order valence-corrected chi connectivity index (χ1v) is 7.34. The number of ether oxygens (including phenoxy) is 1. The molecule has 1 heterocycles. The van der Waals surface area contributed by atoms with Crippen LogP contribution >= 0.6 is 11.3 Å². The average Bonchev–Trinajstić information content (AvgIpc) is 3.11. The van der Waals surface area contributed by atoms with Crippen molar-refractivity contribution in [1.29, 1.82) is 0 Å². The van der Waals surface area contributed by atoms with Gasteiger partial charge in [0.15, 0.2) is 0 Å². The summed E-state index contributed by atoms with van der Waals surface area (Å²) in [7, 11) is 1.67. The maximum atomic E-state index is 11.1. The Bertz CT molecular complexity index is 613. The van der Waals surface area contributed by atoms with Gasteiger partial charge in [0.1, 0.15) is 5.75 Å². The molecule has 1 N–H and O–H groups in total. The second-order valence-corrected chi connectivity index (χ2v) is 5.98. The van der Waals surface area contributed by atoms with Crippen LogP contribution in [-0.4, -0.2) is 18.2 Å². The summed E-state index contributed by atoms with van der Waals surface area (Å²) >= 11 is 1.65. The van der Waals surface area contributed by atoms with E-state index in [1.54, 1.807) is 18.4 Å². The summed E-state index contributed by atoms with van der Waals surface area (Å²) in [5.41, 5.74) is 1.17. The smallest absolute Gasteiger partial charge is 0.303 e. The molecule has 19 heavy (non-hydrogen) atoms. The number of methoxy groups -OCH3 is 1. The van der Waals surface area contributed by atoms with Gasteiger partial charge in [0, 0.05) is 0 Å². The SMILES string of the molecule is COc1ccc(C(CC(=O)O)C2CC2)c2ccsc12. The zero-order valence-electron chi connectivity index (χ0n) is 10.8. The van der Waals surface area contributed by atoms with E-state index in [2.05, 4.69) is 6.07 Å². The molecule has 100 valence electrons. The fourth-order valence-corrected chi connectivity index (χ4v) is 3.68. The Morgan fingerprint density at radius 1 is 1.47 bits per heavy atom. The molecule has 0 spiro atoms. The van der Waals surface area contributed by atoms with Crippen LogP contribution in [-0.2, 0) is 4.79 Å².